The van der Waals surface area contributed by atoms with Crippen molar-refractivity contribution in [2.75, 3.05) is 6.61 Å². The Kier molecular flexibility index (Phi) is 4.68. The van der Waals surface area contributed by atoms with Crippen molar-refractivity contribution in [2.24, 2.45) is 0 Å². The Morgan fingerprint density at radius 1 is 1.24 bits per heavy atom. The van der Waals surface area contributed by atoms with Gasteiger partial charge in [0.2, 0.25) is 0 Å². The highest BCUT2D eigenvalue weighted by Gasteiger charge is 2.15. The summed E-state index contributed by atoms with van der Waals surface area (Å²) >= 11 is 5.76. The van der Waals surface area contributed by atoms with Gasteiger partial charge in [0.25, 0.3) is 0 Å². The molecule has 0 saturated carbocycles. The zero-order valence-corrected chi connectivity index (χ0v) is 13.6. The first-order valence-corrected chi connectivity index (χ1v) is 7.66. The summed E-state index contributed by atoms with van der Waals surface area (Å²) in [6.07, 6.45) is 0. The lowest BCUT2D eigenvalue weighted by Crippen LogP contribution is -2.09. The fourth-order valence-corrected chi connectivity index (χ4v) is 2.33. The molecule has 0 atom stereocenters. The zero-order chi connectivity index (χ0) is 17.8. The van der Waals surface area contributed by atoms with Crippen LogP contribution in [0.1, 0.15) is 16.2 Å². The van der Waals surface area contributed by atoms with Gasteiger partial charge in [0.05, 0.1) is 16.6 Å². The van der Waals surface area contributed by atoms with E-state index in [0.29, 0.717) is 16.1 Å². The average Bonchev–Trinajstić information content (AvgIpc) is 3.04. The van der Waals surface area contributed by atoms with E-state index in [4.69, 9.17) is 16.3 Å². The van der Waals surface area contributed by atoms with E-state index in [-0.39, 0.29) is 17.2 Å². The molecular formula is C18H12ClN3O3. The van der Waals surface area contributed by atoms with Gasteiger partial charge in [0.1, 0.15) is 18.2 Å². The molecule has 1 aromatic heterocycles. The molecule has 3 rings (SSSR count). The zero-order valence-electron chi connectivity index (χ0n) is 12.9. The number of para-hydroxylation sites is 2. The van der Waals surface area contributed by atoms with Gasteiger partial charge in [-0.25, -0.2) is 9.78 Å². The second-order valence-electron chi connectivity index (χ2n) is 5.12. The molecule has 6 nitrogen and oxygen atoms in total. The lowest BCUT2D eigenvalue weighted by Gasteiger charge is -2.05. The van der Waals surface area contributed by atoms with E-state index in [1.807, 2.05) is 18.2 Å². The van der Waals surface area contributed by atoms with Crippen LogP contribution >= 0.6 is 11.6 Å². The molecule has 124 valence electrons. The molecular weight excluding hydrogens is 342 g/mol. The third-order valence-corrected chi connectivity index (χ3v) is 3.70. The smallest absolute Gasteiger partial charge is 0.338 e. The predicted molar refractivity (Wildman–Crippen MR) is 93.0 cm³/mol. The van der Waals surface area contributed by atoms with Gasteiger partial charge in [-0.1, -0.05) is 23.7 Å². The molecule has 0 aliphatic carbocycles. The third kappa shape index (κ3) is 3.62. The number of ether oxygens (including phenoxy) is 1. The van der Waals surface area contributed by atoms with E-state index < -0.39 is 12.6 Å². The standard InChI is InChI=1S/C18H12ClN3O3/c19-12-7-5-11(6-8-12)18(24)25-10-16(23)13(9-20)17-21-14-3-1-2-4-15(14)22-17/h1-8,23H,10H2,(H,21,22). The highest BCUT2D eigenvalue weighted by molar-refractivity contribution is 6.30. The molecule has 2 N–H and O–H groups in total. The largest absolute Gasteiger partial charge is 0.507 e. The van der Waals surface area contributed by atoms with Crippen molar-refractivity contribution in [1.82, 2.24) is 9.97 Å². The van der Waals surface area contributed by atoms with Gasteiger partial charge in [-0.3, -0.25) is 0 Å². The topological polar surface area (TPSA) is 99.0 Å². The predicted octanol–water partition coefficient (Wildman–Crippen LogP) is 3.87. The van der Waals surface area contributed by atoms with Crippen molar-refractivity contribution in [3.8, 4) is 6.07 Å². The number of halogens is 1. The molecule has 0 radical (unpaired) electrons. The molecule has 0 aliphatic heterocycles. The Labute approximate surface area is 147 Å². The highest BCUT2D eigenvalue weighted by Crippen LogP contribution is 2.19. The van der Waals surface area contributed by atoms with Crippen LogP contribution in [-0.4, -0.2) is 27.7 Å². The maximum atomic E-state index is 11.9. The highest BCUT2D eigenvalue weighted by atomic mass is 35.5. The number of allylic oxidation sites excluding steroid dienone is 1. The Morgan fingerprint density at radius 2 is 1.96 bits per heavy atom. The molecule has 0 amide bonds. The summed E-state index contributed by atoms with van der Waals surface area (Å²) in [6, 6.07) is 15.2. The third-order valence-electron chi connectivity index (χ3n) is 3.45. The first kappa shape index (κ1) is 16.6. The number of nitriles is 1. The lowest BCUT2D eigenvalue weighted by molar-refractivity contribution is 0.0503. The number of aromatic amines is 1. The number of aliphatic hydroxyl groups excluding tert-OH is 1. The second kappa shape index (κ2) is 7.07. The summed E-state index contributed by atoms with van der Waals surface area (Å²) in [5.74, 6) is -0.808. The van der Waals surface area contributed by atoms with Crippen LogP contribution in [0.3, 0.4) is 0 Å². The van der Waals surface area contributed by atoms with Crippen molar-refractivity contribution in [1.29, 1.82) is 5.26 Å². The van der Waals surface area contributed by atoms with E-state index in [0.717, 1.165) is 5.52 Å². The number of aromatic nitrogens is 2. The second-order valence-corrected chi connectivity index (χ2v) is 5.56. The van der Waals surface area contributed by atoms with Gasteiger partial charge in [0.15, 0.2) is 11.6 Å². The molecule has 3 aromatic rings. The molecule has 0 fully saturated rings. The van der Waals surface area contributed by atoms with Crippen molar-refractivity contribution in [2.45, 2.75) is 0 Å². The van der Waals surface area contributed by atoms with Crippen molar-refractivity contribution >= 4 is 34.2 Å². The molecule has 0 aliphatic rings. The fourth-order valence-electron chi connectivity index (χ4n) is 2.20. The van der Waals surface area contributed by atoms with E-state index in [1.165, 1.54) is 12.1 Å². The van der Waals surface area contributed by atoms with E-state index in [2.05, 4.69) is 9.97 Å². The summed E-state index contributed by atoms with van der Waals surface area (Å²) in [7, 11) is 0. The average molecular weight is 354 g/mol. The first-order valence-electron chi connectivity index (χ1n) is 7.28. The van der Waals surface area contributed by atoms with Crippen LogP contribution in [0.4, 0.5) is 0 Å². The number of hydrogen-bond acceptors (Lipinski definition) is 5. The van der Waals surface area contributed by atoms with Gasteiger partial charge in [-0.15, -0.1) is 0 Å². The van der Waals surface area contributed by atoms with Crippen LogP contribution < -0.4 is 0 Å². The minimum Gasteiger partial charge on any atom is -0.507 e. The maximum Gasteiger partial charge on any atom is 0.338 e. The Bertz CT molecular complexity index is 967. The van der Waals surface area contributed by atoms with E-state index in [1.54, 1.807) is 24.3 Å². The number of hydrogen-bond donors (Lipinski definition) is 2. The lowest BCUT2D eigenvalue weighted by atomic mass is 10.2. The summed E-state index contributed by atoms with van der Waals surface area (Å²) in [6.45, 7) is -0.443. The number of fused-ring (bicyclic) bond motifs is 1. The number of carbonyl (C=O) groups excluding carboxylic acids is 1. The number of esters is 1. The van der Waals surface area contributed by atoms with Crippen molar-refractivity contribution < 1.29 is 14.6 Å². The number of nitrogens with zero attached hydrogens (tertiary/aromatic N) is 2. The van der Waals surface area contributed by atoms with Crippen LogP contribution in [0.15, 0.2) is 54.3 Å². The van der Waals surface area contributed by atoms with Gasteiger partial charge < -0.3 is 14.8 Å². The number of rotatable bonds is 4. The van der Waals surface area contributed by atoms with E-state index in [9.17, 15) is 15.2 Å². The number of benzene rings is 2. The SMILES string of the molecule is N#CC(=C(O)COC(=O)c1ccc(Cl)cc1)c1nc2ccccc2[nH]1. The Hall–Kier alpha value is -3.30. The molecule has 0 unspecified atom stereocenters. The Balaban J connectivity index is 1.78. The molecule has 7 heteroatoms. The van der Waals surface area contributed by atoms with Crippen LogP contribution in [0.5, 0.6) is 0 Å². The summed E-state index contributed by atoms with van der Waals surface area (Å²) < 4.78 is 5.03. The van der Waals surface area contributed by atoms with E-state index >= 15 is 0 Å². The normalized spacial score (nSPS) is 11.7. The molecule has 0 bridgehead atoms. The van der Waals surface area contributed by atoms with Crippen LogP contribution in [0.25, 0.3) is 16.6 Å². The molecule has 0 saturated heterocycles. The number of carbonyl (C=O) groups is 1. The van der Waals surface area contributed by atoms with Crippen molar-refractivity contribution in [3.05, 3.63) is 70.7 Å². The van der Waals surface area contributed by atoms with Crippen LogP contribution in [-0.2, 0) is 4.74 Å². The molecule has 0 spiro atoms. The monoisotopic (exact) mass is 353 g/mol. The van der Waals surface area contributed by atoms with Crippen molar-refractivity contribution in [3.63, 3.8) is 0 Å². The molecule has 2 aromatic carbocycles. The first-order chi connectivity index (χ1) is 12.1. The Morgan fingerprint density at radius 3 is 2.64 bits per heavy atom. The quantitative estimate of drug-likeness (QED) is 0.421. The van der Waals surface area contributed by atoms with Gasteiger partial charge in [-0.05, 0) is 36.4 Å². The van der Waals surface area contributed by atoms with Crippen LogP contribution in [0.2, 0.25) is 5.02 Å². The fraction of sp³-hybridized carbons (Fsp3) is 0.0556. The summed E-state index contributed by atoms with van der Waals surface area (Å²) in [4.78, 5) is 19.1. The summed E-state index contributed by atoms with van der Waals surface area (Å²) in [5, 5.41) is 19.9. The number of nitrogens with one attached hydrogen (secondary N) is 1. The maximum absolute atomic E-state index is 11.9. The number of H-pyrrole nitrogens is 1. The van der Waals surface area contributed by atoms with Crippen LogP contribution in [0, 0.1) is 11.3 Å². The van der Waals surface area contributed by atoms with Gasteiger partial charge >= 0.3 is 5.97 Å². The number of imidazole rings is 1. The molecule has 25 heavy (non-hydrogen) atoms. The minimum absolute atomic E-state index is 0.0832. The van der Waals surface area contributed by atoms with Gasteiger partial charge in [0, 0.05) is 5.02 Å². The minimum atomic E-state index is -0.634. The van der Waals surface area contributed by atoms with Gasteiger partial charge in [-0.2, -0.15) is 5.26 Å². The number of aliphatic hydroxyl groups is 1. The molecule has 1 heterocycles. The summed E-state index contributed by atoms with van der Waals surface area (Å²) in [5.41, 5.74) is 1.60.